The van der Waals surface area contributed by atoms with E-state index in [4.69, 9.17) is 0 Å². The Bertz CT molecular complexity index is 623. The van der Waals surface area contributed by atoms with E-state index in [0.29, 0.717) is 6.54 Å². The van der Waals surface area contributed by atoms with Crippen LogP contribution in [0.15, 0.2) is 42.5 Å². The summed E-state index contributed by atoms with van der Waals surface area (Å²) in [7, 11) is 0. The Hall–Kier alpha value is -1.87. The maximum Gasteiger partial charge on any atom is 0.253 e. The molecule has 0 radical (unpaired) electrons. The summed E-state index contributed by atoms with van der Waals surface area (Å²) >= 11 is 0. The minimum absolute atomic E-state index is 0.0777. The molecule has 0 bridgehead atoms. The molecule has 3 rings (SSSR count). The fourth-order valence-corrected chi connectivity index (χ4v) is 2.90. The number of benzene rings is 2. The number of aliphatic hydroxyl groups is 1. The summed E-state index contributed by atoms with van der Waals surface area (Å²) in [6.07, 6.45) is 1.99. The zero-order chi connectivity index (χ0) is 13.9. The number of carbonyl (C=O) groups is 1. The third-order valence-corrected chi connectivity index (χ3v) is 4.06. The van der Waals surface area contributed by atoms with E-state index in [1.807, 2.05) is 47.4 Å². The first kappa shape index (κ1) is 13.1. The highest BCUT2D eigenvalue weighted by molar-refractivity contribution is 5.98. The van der Waals surface area contributed by atoms with Crippen molar-refractivity contribution >= 4 is 16.7 Å². The van der Waals surface area contributed by atoms with Gasteiger partial charge in [-0.15, -0.1) is 0 Å². The number of carbonyl (C=O) groups excluding carboxylic acids is 1. The Balaban J connectivity index is 1.84. The van der Waals surface area contributed by atoms with Crippen LogP contribution < -0.4 is 0 Å². The van der Waals surface area contributed by atoms with Gasteiger partial charge in [-0.25, -0.2) is 0 Å². The standard InChI is InChI=1S/C17H19NO2/c19-12-13-4-3-9-18(11-13)17(20)16-8-7-14-5-1-2-6-15(14)10-16/h1-2,5-8,10,13,19H,3-4,9,11-12H2. The first-order valence-electron chi connectivity index (χ1n) is 7.17. The smallest absolute Gasteiger partial charge is 0.253 e. The van der Waals surface area contributed by atoms with E-state index >= 15 is 0 Å². The normalized spacial score (nSPS) is 19.2. The second kappa shape index (κ2) is 5.63. The Morgan fingerprint density at radius 2 is 2.00 bits per heavy atom. The molecule has 1 heterocycles. The minimum Gasteiger partial charge on any atom is -0.396 e. The van der Waals surface area contributed by atoms with Crippen molar-refractivity contribution in [1.29, 1.82) is 0 Å². The zero-order valence-electron chi connectivity index (χ0n) is 11.5. The van der Waals surface area contributed by atoms with Crippen LogP contribution in [0.2, 0.25) is 0 Å². The van der Waals surface area contributed by atoms with Gasteiger partial charge in [-0.2, -0.15) is 0 Å². The molecule has 1 unspecified atom stereocenters. The molecule has 1 aliphatic heterocycles. The van der Waals surface area contributed by atoms with Gasteiger partial charge in [-0.1, -0.05) is 30.3 Å². The predicted octanol–water partition coefficient (Wildman–Crippen LogP) is 2.68. The molecule has 2 aromatic rings. The Labute approximate surface area is 118 Å². The van der Waals surface area contributed by atoms with Crippen LogP contribution >= 0.6 is 0 Å². The topological polar surface area (TPSA) is 40.5 Å². The number of likely N-dealkylation sites (tertiary alicyclic amines) is 1. The first-order valence-corrected chi connectivity index (χ1v) is 7.17. The van der Waals surface area contributed by atoms with Crippen LogP contribution in [0, 0.1) is 5.92 Å². The van der Waals surface area contributed by atoms with Gasteiger partial charge < -0.3 is 10.0 Å². The molecule has 0 aliphatic carbocycles. The molecule has 104 valence electrons. The molecule has 3 nitrogen and oxygen atoms in total. The van der Waals surface area contributed by atoms with E-state index in [9.17, 15) is 9.90 Å². The van der Waals surface area contributed by atoms with Gasteiger partial charge in [0.05, 0.1) is 0 Å². The summed E-state index contributed by atoms with van der Waals surface area (Å²) < 4.78 is 0. The molecular formula is C17H19NO2. The van der Waals surface area contributed by atoms with Crippen LogP contribution in [0.25, 0.3) is 10.8 Å². The SMILES string of the molecule is O=C(c1ccc2ccccc2c1)N1CCCC(CO)C1. The van der Waals surface area contributed by atoms with E-state index < -0.39 is 0 Å². The van der Waals surface area contributed by atoms with Gasteiger partial charge in [0.15, 0.2) is 0 Å². The van der Waals surface area contributed by atoms with Gasteiger partial charge in [0.25, 0.3) is 5.91 Å². The van der Waals surface area contributed by atoms with Crippen molar-refractivity contribution in [3.05, 3.63) is 48.0 Å². The number of nitrogens with zero attached hydrogens (tertiary/aromatic N) is 1. The molecule has 0 aromatic heterocycles. The molecule has 1 atom stereocenters. The second-order valence-electron chi connectivity index (χ2n) is 5.50. The Morgan fingerprint density at radius 3 is 2.80 bits per heavy atom. The summed E-state index contributed by atoms with van der Waals surface area (Å²) in [5.74, 6) is 0.307. The quantitative estimate of drug-likeness (QED) is 0.910. The summed E-state index contributed by atoms with van der Waals surface area (Å²) in [6.45, 7) is 1.63. The van der Waals surface area contributed by atoms with Crippen molar-refractivity contribution in [2.24, 2.45) is 5.92 Å². The molecule has 0 spiro atoms. The van der Waals surface area contributed by atoms with E-state index in [1.165, 1.54) is 0 Å². The highest BCUT2D eigenvalue weighted by atomic mass is 16.3. The van der Waals surface area contributed by atoms with Crippen molar-refractivity contribution < 1.29 is 9.90 Å². The highest BCUT2D eigenvalue weighted by Gasteiger charge is 2.23. The maximum atomic E-state index is 12.5. The summed E-state index contributed by atoms with van der Waals surface area (Å²) in [5.41, 5.74) is 0.738. The van der Waals surface area contributed by atoms with Crippen LogP contribution in [-0.4, -0.2) is 35.6 Å². The van der Waals surface area contributed by atoms with Crippen LogP contribution in [0.4, 0.5) is 0 Å². The molecular weight excluding hydrogens is 250 g/mol. The van der Waals surface area contributed by atoms with Gasteiger partial charge in [0, 0.05) is 25.3 Å². The van der Waals surface area contributed by atoms with E-state index in [2.05, 4.69) is 0 Å². The average Bonchev–Trinajstić information content (AvgIpc) is 2.53. The summed E-state index contributed by atoms with van der Waals surface area (Å²) in [4.78, 5) is 14.4. The molecule has 0 saturated carbocycles. The fourth-order valence-electron chi connectivity index (χ4n) is 2.90. The molecule has 1 N–H and O–H groups in total. The lowest BCUT2D eigenvalue weighted by Gasteiger charge is -2.32. The second-order valence-corrected chi connectivity index (χ2v) is 5.50. The van der Waals surface area contributed by atoms with Crippen LogP contribution in [0.5, 0.6) is 0 Å². The van der Waals surface area contributed by atoms with Gasteiger partial charge >= 0.3 is 0 Å². The van der Waals surface area contributed by atoms with Crippen molar-refractivity contribution in [3.8, 4) is 0 Å². The minimum atomic E-state index is 0.0777. The third-order valence-electron chi connectivity index (χ3n) is 4.06. The van der Waals surface area contributed by atoms with Gasteiger partial charge in [0.2, 0.25) is 0 Å². The molecule has 1 amide bonds. The predicted molar refractivity (Wildman–Crippen MR) is 79.7 cm³/mol. The monoisotopic (exact) mass is 269 g/mol. The van der Waals surface area contributed by atoms with Gasteiger partial charge in [0.1, 0.15) is 0 Å². The Kier molecular flexibility index (Phi) is 3.70. The number of fused-ring (bicyclic) bond motifs is 1. The summed E-state index contributed by atoms with van der Waals surface area (Å²) in [5, 5.41) is 11.5. The number of amides is 1. The van der Waals surface area contributed by atoms with E-state index in [1.54, 1.807) is 0 Å². The number of piperidine rings is 1. The van der Waals surface area contributed by atoms with E-state index in [-0.39, 0.29) is 18.4 Å². The fraction of sp³-hybridized carbons (Fsp3) is 0.353. The van der Waals surface area contributed by atoms with Crippen molar-refractivity contribution in [1.82, 2.24) is 4.90 Å². The van der Waals surface area contributed by atoms with Crippen molar-refractivity contribution in [3.63, 3.8) is 0 Å². The lowest BCUT2D eigenvalue weighted by molar-refractivity contribution is 0.0621. The third kappa shape index (κ3) is 2.54. The van der Waals surface area contributed by atoms with Gasteiger partial charge in [-0.3, -0.25) is 4.79 Å². The number of hydrogen-bond donors (Lipinski definition) is 1. The molecule has 1 saturated heterocycles. The number of aliphatic hydroxyl groups excluding tert-OH is 1. The summed E-state index contributed by atoms with van der Waals surface area (Å²) in [6, 6.07) is 13.9. The lowest BCUT2D eigenvalue weighted by atomic mass is 9.98. The first-order chi connectivity index (χ1) is 9.78. The van der Waals surface area contributed by atoms with Crippen LogP contribution in [-0.2, 0) is 0 Å². The number of rotatable bonds is 2. The number of hydrogen-bond acceptors (Lipinski definition) is 2. The molecule has 1 aliphatic rings. The molecule has 1 fully saturated rings. The van der Waals surface area contributed by atoms with Crippen LogP contribution in [0.3, 0.4) is 0 Å². The largest absolute Gasteiger partial charge is 0.396 e. The van der Waals surface area contributed by atoms with Crippen molar-refractivity contribution in [2.75, 3.05) is 19.7 Å². The maximum absolute atomic E-state index is 12.5. The average molecular weight is 269 g/mol. The molecule has 20 heavy (non-hydrogen) atoms. The Morgan fingerprint density at radius 1 is 1.20 bits per heavy atom. The van der Waals surface area contributed by atoms with Gasteiger partial charge in [-0.05, 0) is 41.7 Å². The molecule has 3 heteroatoms. The van der Waals surface area contributed by atoms with Crippen molar-refractivity contribution in [2.45, 2.75) is 12.8 Å². The lowest BCUT2D eigenvalue weighted by Crippen LogP contribution is -2.40. The highest BCUT2D eigenvalue weighted by Crippen LogP contribution is 2.20. The van der Waals surface area contributed by atoms with Crippen LogP contribution in [0.1, 0.15) is 23.2 Å². The molecule has 2 aromatic carbocycles. The van der Waals surface area contributed by atoms with E-state index in [0.717, 1.165) is 35.7 Å². The zero-order valence-corrected chi connectivity index (χ0v) is 11.5.